The van der Waals surface area contributed by atoms with Gasteiger partial charge in [0.2, 0.25) is 5.95 Å². The lowest BCUT2D eigenvalue weighted by atomic mass is 10.1. The molecule has 172 valence electrons. The summed E-state index contributed by atoms with van der Waals surface area (Å²) in [5.41, 5.74) is 3.84. The lowest BCUT2D eigenvalue weighted by Gasteiger charge is -2.36. The highest BCUT2D eigenvalue weighted by Gasteiger charge is 2.34. The second kappa shape index (κ2) is 8.85. The molecule has 1 aliphatic heterocycles. The number of aromatic nitrogens is 5. The monoisotopic (exact) mass is 462 g/mol. The summed E-state index contributed by atoms with van der Waals surface area (Å²) in [6.45, 7) is 1.63. The predicted molar refractivity (Wildman–Crippen MR) is 123 cm³/mol. The van der Waals surface area contributed by atoms with Crippen molar-refractivity contribution >= 4 is 29.2 Å². The Balaban J connectivity index is 1.56. The number of nitrogens with one attached hydrogen (secondary N) is 2. The molecule has 0 aliphatic carbocycles. The van der Waals surface area contributed by atoms with Crippen LogP contribution in [-0.2, 0) is 6.54 Å². The molecule has 9 nitrogen and oxygen atoms in total. The average molecular weight is 462 g/mol. The van der Waals surface area contributed by atoms with Crippen LogP contribution in [0.5, 0.6) is 0 Å². The van der Waals surface area contributed by atoms with Crippen LogP contribution in [0, 0.1) is 6.92 Å². The van der Waals surface area contributed by atoms with E-state index in [4.69, 9.17) is 0 Å². The van der Waals surface area contributed by atoms with Crippen LogP contribution in [0.1, 0.15) is 11.1 Å². The molecule has 0 fully saturated rings. The molecule has 0 saturated heterocycles. The van der Waals surface area contributed by atoms with E-state index in [1.165, 1.54) is 11.2 Å². The number of aromatic amines is 1. The number of rotatable bonds is 6. The number of hydrogen-bond acceptors (Lipinski definition) is 6. The number of H-pyrrole nitrogens is 1. The van der Waals surface area contributed by atoms with Gasteiger partial charge in [-0.15, -0.1) is 0 Å². The second-order valence-corrected chi connectivity index (χ2v) is 7.74. The number of aryl methyl sites for hydroxylation is 1. The van der Waals surface area contributed by atoms with Gasteiger partial charge in [0, 0.05) is 23.0 Å². The number of benzene rings is 2. The normalized spacial score (nSPS) is 13.4. The fourth-order valence-corrected chi connectivity index (χ4v) is 3.68. The molecule has 0 atom stereocenters. The minimum Gasteiger partial charge on any atom is -0.348 e. The second-order valence-electron chi connectivity index (χ2n) is 7.74. The molecule has 2 aromatic heterocycles. The molecule has 5 rings (SSSR count). The molecule has 0 radical (unpaired) electrons. The molecule has 0 saturated carbocycles. The molecule has 0 bridgehead atoms. The maximum atomic E-state index is 13.7. The van der Waals surface area contributed by atoms with Crippen LogP contribution in [0.2, 0.25) is 0 Å². The topological polar surface area (TPSA) is 103 Å². The zero-order valence-electron chi connectivity index (χ0n) is 18.1. The van der Waals surface area contributed by atoms with Gasteiger partial charge in [0.25, 0.3) is 6.43 Å². The summed E-state index contributed by atoms with van der Waals surface area (Å²) >= 11 is 0. The number of fused-ring (bicyclic) bond motifs is 1. The van der Waals surface area contributed by atoms with Crippen molar-refractivity contribution in [2.75, 3.05) is 21.7 Å². The summed E-state index contributed by atoms with van der Waals surface area (Å²) in [4.78, 5) is 29.5. The Hall–Kier alpha value is -4.41. The van der Waals surface area contributed by atoms with Crippen molar-refractivity contribution in [1.29, 1.82) is 0 Å². The highest BCUT2D eigenvalue weighted by Crippen LogP contribution is 2.36. The molecule has 0 spiro atoms. The largest absolute Gasteiger partial charge is 0.348 e. The highest BCUT2D eigenvalue weighted by atomic mass is 19.3. The minimum absolute atomic E-state index is 0.0268. The van der Waals surface area contributed by atoms with Crippen LogP contribution < -0.4 is 15.1 Å². The average Bonchev–Trinajstić information content (AvgIpc) is 3.38. The van der Waals surface area contributed by atoms with E-state index in [0.29, 0.717) is 22.9 Å². The number of carbonyl (C=O) groups is 1. The van der Waals surface area contributed by atoms with Gasteiger partial charge in [0.1, 0.15) is 6.33 Å². The van der Waals surface area contributed by atoms with Crippen molar-refractivity contribution in [3.63, 3.8) is 0 Å². The molecule has 2 aromatic carbocycles. The van der Waals surface area contributed by atoms with E-state index < -0.39 is 13.0 Å². The number of carbonyl (C=O) groups excluding carboxylic acids is 1. The van der Waals surface area contributed by atoms with Gasteiger partial charge in [0.15, 0.2) is 11.6 Å². The van der Waals surface area contributed by atoms with Crippen molar-refractivity contribution in [3.05, 3.63) is 72.2 Å². The predicted octanol–water partition coefficient (Wildman–Crippen LogP) is 4.53. The van der Waals surface area contributed by atoms with Crippen LogP contribution >= 0.6 is 0 Å². The van der Waals surface area contributed by atoms with Crippen molar-refractivity contribution in [3.8, 4) is 11.4 Å². The van der Waals surface area contributed by atoms with Crippen LogP contribution in [0.3, 0.4) is 0 Å². The molecule has 1 aliphatic rings. The molecule has 0 unspecified atom stereocenters. The van der Waals surface area contributed by atoms with Crippen molar-refractivity contribution in [2.24, 2.45) is 0 Å². The Morgan fingerprint density at radius 3 is 2.47 bits per heavy atom. The molecule has 3 heterocycles. The van der Waals surface area contributed by atoms with Crippen LogP contribution in [-0.4, -0.2) is 44.2 Å². The fourth-order valence-electron chi connectivity index (χ4n) is 3.68. The van der Waals surface area contributed by atoms with Crippen molar-refractivity contribution in [1.82, 2.24) is 25.1 Å². The molecule has 2 N–H and O–H groups in total. The van der Waals surface area contributed by atoms with Crippen LogP contribution in [0.25, 0.3) is 11.4 Å². The third-order valence-corrected chi connectivity index (χ3v) is 5.38. The molecule has 11 heteroatoms. The Morgan fingerprint density at radius 2 is 1.79 bits per heavy atom. The van der Waals surface area contributed by atoms with Gasteiger partial charge >= 0.3 is 6.03 Å². The molecule has 2 amide bonds. The third kappa shape index (κ3) is 4.15. The van der Waals surface area contributed by atoms with Crippen LogP contribution in [0.15, 0.2) is 61.1 Å². The van der Waals surface area contributed by atoms with E-state index in [1.807, 2.05) is 43.3 Å². The van der Waals surface area contributed by atoms with E-state index in [1.54, 1.807) is 23.2 Å². The number of amides is 2. The molecule has 4 aromatic rings. The molecule has 34 heavy (non-hydrogen) atoms. The quantitative estimate of drug-likeness (QED) is 0.437. The van der Waals surface area contributed by atoms with E-state index in [-0.39, 0.29) is 18.5 Å². The lowest BCUT2D eigenvalue weighted by molar-refractivity contribution is 0.163. The number of anilines is 4. The maximum absolute atomic E-state index is 13.7. The Bertz CT molecular complexity index is 1290. The van der Waals surface area contributed by atoms with Gasteiger partial charge in [-0.3, -0.25) is 10.00 Å². The first-order valence-electron chi connectivity index (χ1n) is 10.5. The summed E-state index contributed by atoms with van der Waals surface area (Å²) < 4.78 is 25.4. The van der Waals surface area contributed by atoms with E-state index in [9.17, 15) is 13.6 Å². The number of alkyl halides is 2. The van der Waals surface area contributed by atoms with Gasteiger partial charge in [-0.05, 0) is 43.3 Å². The van der Waals surface area contributed by atoms with Gasteiger partial charge in [0.05, 0.1) is 18.8 Å². The minimum atomic E-state index is -2.56. The number of nitrogens with zero attached hydrogens (tertiary/aromatic N) is 6. The number of urea groups is 1. The maximum Gasteiger partial charge on any atom is 0.335 e. The van der Waals surface area contributed by atoms with Gasteiger partial charge in [-0.2, -0.15) is 10.1 Å². The standard InChI is InChI=1S/C23H20F2N8O/c1-14-2-6-17(7-3-14)32-12-16-10-26-22(27-11-19(24)25)30-21(16)33(23(32)34)18-8-4-15(5-9-18)20-28-13-29-31-20/h2-10,13,19H,11-12H2,1H3,(H,26,27,30)(H,28,29,31). The van der Waals surface area contributed by atoms with E-state index in [0.717, 1.165) is 16.8 Å². The van der Waals surface area contributed by atoms with E-state index in [2.05, 4.69) is 30.5 Å². The van der Waals surface area contributed by atoms with Gasteiger partial charge in [-0.25, -0.2) is 28.4 Å². The summed E-state index contributed by atoms with van der Waals surface area (Å²) in [5, 5.41) is 9.17. The smallest absolute Gasteiger partial charge is 0.335 e. The number of hydrogen-bond donors (Lipinski definition) is 2. The van der Waals surface area contributed by atoms with Crippen molar-refractivity contribution in [2.45, 2.75) is 19.9 Å². The lowest BCUT2D eigenvalue weighted by Crippen LogP contribution is -2.45. The highest BCUT2D eigenvalue weighted by molar-refractivity contribution is 6.10. The van der Waals surface area contributed by atoms with Gasteiger partial charge < -0.3 is 5.32 Å². The summed E-state index contributed by atoms with van der Waals surface area (Å²) in [6.07, 6.45) is 0.412. The number of halogens is 2. The zero-order valence-corrected chi connectivity index (χ0v) is 18.1. The van der Waals surface area contributed by atoms with Gasteiger partial charge in [-0.1, -0.05) is 17.7 Å². The summed E-state index contributed by atoms with van der Waals surface area (Å²) in [5.74, 6) is 0.963. The Kier molecular flexibility index (Phi) is 5.58. The molecular formula is C23H20F2N8O. The first-order chi connectivity index (χ1) is 16.5. The zero-order chi connectivity index (χ0) is 23.7. The van der Waals surface area contributed by atoms with Crippen LogP contribution in [0.4, 0.5) is 36.7 Å². The SMILES string of the molecule is Cc1ccc(N2Cc3cnc(NCC(F)F)nc3N(c3ccc(-c4ncn[nH]4)cc3)C2=O)cc1. The van der Waals surface area contributed by atoms with E-state index >= 15 is 0 Å². The molecular weight excluding hydrogens is 442 g/mol. The summed E-state index contributed by atoms with van der Waals surface area (Å²) in [7, 11) is 0. The van der Waals surface area contributed by atoms with Crippen molar-refractivity contribution < 1.29 is 13.6 Å². The third-order valence-electron chi connectivity index (χ3n) is 5.38. The fraction of sp³-hybridized carbons (Fsp3) is 0.174. The first kappa shape index (κ1) is 21.4. The Labute approximate surface area is 193 Å². The Morgan fingerprint density at radius 1 is 1.06 bits per heavy atom. The first-order valence-corrected chi connectivity index (χ1v) is 10.5. The summed E-state index contributed by atoms with van der Waals surface area (Å²) in [6, 6.07) is 14.5.